The normalized spacial score (nSPS) is 10.5. The van der Waals surface area contributed by atoms with Crippen molar-refractivity contribution in [2.24, 2.45) is 0 Å². The molecule has 4 rings (SSSR count). The number of benzene rings is 3. The molecule has 0 aliphatic heterocycles. The Kier molecular flexibility index (Phi) is 7.69. The van der Waals surface area contributed by atoms with Crippen LogP contribution in [0.2, 0.25) is 0 Å². The van der Waals surface area contributed by atoms with E-state index >= 15 is 0 Å². The number of amides is 2. The van der Waals surface area contributed by atoms with E-state index in [0.29, 0.717) is 30.2 Å². The van der Waals surface area contributed by atoms with Gasteiger partial charge >= 0.3 is 0 Å². The van der Waals surface area contributed by atoms with Crippen molar-refractivity contribution in [3.63, 3.8) is 0 Å². The molecule has 7 heteroatoms. The maximum atomic E-state index is 12.1. The van der Waals surface area contributed by atoms with Crippen LogP contribution >= 0.6 is 0 Å². The van der Waals surface area contributed by atoms with Gasteiger partial charge in [-0.3, -0.25) is 20.4 Å². The summed E-state index contributed by atoms with van der Waals surface area (Å²) in [6.45, 7) is -0.216. The zero-order valence-electron chi connectivity index (χ0n) is 18.6. The molecule has 0 fully saturated rings. The Morgan fingerprint density at radius 1 is 0.824 bits per heavy atom. The van der Waals surface area contributed by atoms with Crippen LogP contribution in [0.25, 0.3) is 11.3 Å². The number of hydrogen-bond donors (Lipinski definition) is 2. The molecule has 0 bridgehead atoms. The molecule has 3 aromatic carbocycles. The lowest BCUT2D eigenvalue weighted by Crippen LogP contribution is -2.43. The van der Waals surface area contributed by atoms with Gasteiger partial charge in [-0.15, -0.1) is 0 Å². The van der Waals surface area contributed by atoms with Gasteiger partial charge in [-0.05, 0) is 17.2 Å². The first-order valence-corrected chi connectivity index (χ1v) is 11.0. The third kappa shape index (κ3) is 6.56. The number of para-hydroxylation sites is 1. The topological polar surface area (TPSA) is 93.5 Å². The number of carbonyl (C=O) groups excluding carboxylic acids is 2. The summed E-state index contributed by atoms with van der Waals surface area (Å²) in [5.41, 5.74) is 7.82. The van der Waals surface area contributed by atoms with Crippen LogP contribution in [0.3, 0.4) is 0 Å². The lowest BCUT2D eigenvalue weighted by molar-refractivity contribution is -0.130. The Labute approximate surface area is 197 Å². The van der Waals surface area contributed by atoms with E-state index in [1.54, 1.807) is 6.20 Å². The molecule has 7 nitrogen and oxygen atoms in total. The first kappa shape index (κ1) is 22.8. The first-order chi connectivity index (χ1) is 16.7. The molecule has 2 amide bonds. The zero-order chi connectivity index (χ0) is 23.6. The number of aryl methyl sites for hydroxylation is 1. The van der Waals surface area contributed by atoms with Gasteiger partial charge in [-0.25, -0.2) is 4.98 Å². The van der Waals surface area contributed by atoms with Crippen LogP contribution in [0, 0.1) is 0 Å². The van der Waals surface area contributed by atoms with Crippen molar-refractivity contribution in [3.8, 4) is 17.1 Å². The highest BCUT2D eigenvalue weighted by Gasteiger charge is 2.11. The summed E-state index contributed by atoms with van der Waals surface area (Å²) >= 11 is 0. The summed E-state index contributed by atoms with van der Waals surface area (Å²) in [4.78, 5) is 28.4. The first-order valence-electron chi connectivity index (χ1n) is 11.0. The summed E-state index contributed by atoms with van der Waals surface area (Å²) in [6.07, 6.45) is 2.77. The number of nitrogens with one attached hydrogen (secondary N) is 2. The van der Waals surface area contributed by atoms with Crippen LogP contribution in [-0.2, 0) is 22.4 Å². The van der Waals surface area contributed by atoms with Gasteiger partial charge in [0.25, 0.3) is 5.91 Å². The Morgan fingerprint density at radius 3 is 2.29 bits per heavy atom. The summed E-state index contributed by atoms with van der Waals surface area (Å²) in [6, 6.07) is 27.2. The molecule has 0 saturated heterocycles. The Bertz CT molecular complexity index is 1220. The Balaban J connectivity index is 1.20. The highest BCUT2D eigenvalue weighted by atomic mass is 16.5. The highest BCUT2D eigenvalue weighted by molar-refractivity contribution is 5.82. The highest BCUT2D eigenvalue weighted by Crippen LogP contribution is 2.22. The van der Waals surface area contributed by atoms with Gasteiger partial charge in [0.1, 0.15) is 5.75 Å². The van der Waals surface area contributed by atoms with E-state index in [1.807, 2.05) is 84.9 Å². The van der Waals surface area contributed by atoms with Crippen molar-refractivity contribution < 1.29 is 18.7 Å². The Morgan fingerprint density at radius 2 is 1.50 bits per heavy atom. The van der Waals surface area contributed by atoms with E-state index in [1.165, 1.54) is 0 Å². The quantitative estimate of drug-likeness (QED) is 0.371. The van der Waals surface area contributed by atoms with Crippen LogP contribution < -0.4 is 15.6 Å². The molecule has 2 N–H and O–H groups in total. The van der Waals surface area contributed by atoms with Crippen LogP contribution in [-0.4, -0.2) is 23.4 Å². The molecule has 0 aliphatic carbocycles. The molecule has 34 heavy (non-hydrogen) atoms. The van der Waals surface area contributed by atoms with Crippen LogP contribution in [0.4, 0.5) is 0 Å². The number of aromatic nitrogens is 1. The standard InChI is InChI=1S/C27H25N3O4/c31-25(15-16-27-28-18-24(34-27)21-11-5-2-6-12-21)29-30-26(32)19-33-23-14-8-7-13-22(23)17-20-9-3-1-4-10-20/h1-14,18H,15-17,19H2,(H,29,31)(H,30,32). The maximum Gasteiger partial charge on any atom is 0.276 e. The van der Waals surface area contributed by atoms with Crippen LogP contribution in [0.1, 0.15) is 23.4 Å². The minimum atomic E-state index is -0.453. The molecule has 0 atom stereocenters. The summed E-state index contributed by atoms with van der Waals surface area (Å²) in [5.74, 6) is 0.932. The van der Waals surface area contributed by atoms with Gasteiger partial charge in [0.2, 0.25) is 5.91 Å². The third-order valence-electron chi connectivity index (χ3n) is 5.09. The van der Waals surface area contributed by atoms with Crippen LogP contribution in [0.5, 0.6) is 5.75 Å². The van der Waals surface area contributed by atoms with E-state index < -0.39 is 5.91 Å². The van der Waals surface area contributed by atoms with Gasteiger partial charge < -0.3 is 9.15 Å². The maximum absolute atomic E-state index is 12.1. The smallest absolute Gasteiger partial charge is 0.276 e. The average Bonchev–Trinajstić information content (AvgIpc) is 3.36. The van der Waals surface area contributed by atoms with Gasteiger partial charge in [0.05, 0.1) is 6.20 Å². The number of nitrogens with zero attached hydrogens (tertiary/aromatic N) is 1. The fourth-order valence-corrected chi connectivity index (χ4v) is 3.37. The minimum Gasteiger partial charge on any atom is -0.483 e. The predicted molar refractivity (Wildman–Crippen MR) is 128 cm³/mol. The molecule has 1 aromatic heterocycles. The fourth-order valence-electron chi connectivity index (χ4n) is 3.37. The second-order valence-electron chi connectivity index (χ2n) is 7.64. The molecule has 0 radical (unpaired) electrons. The summed E-state index contributed by atoms with van der Waals surface area (Å²) < 4.78 is 11.4. The largest absolute Gasteiger partial charge is 0.483 e. The Hall–Kier alpha value is -4.39. The predicted octanol–water partition coefficient (Wildman–Crippen LogP) is 4.09. The number of carbonyl (C=O) groups is 2. The van der Waals surface area contributed by atoms with E-state index in [9.17, 15) is 9.59 Å². The zero-order valence-corrected chi connectivity index (χ0v) is 18.6. The molecule has 4 aromatic rings. The number of ether oxygens (including phenoxy) is 1. The van der Waals surface area contributed by atoms with Crippen molar-refractivity contribution in [1.29, 1.82) is 0 Å². The van der Waals surface area contributed by atoms with Crippen molar-refractivity contribution in [2.75, 3.05) is 6.61 Å². The molecule has 0 spiro atoms. The molecule has 0 saturated carbocycles. The van der Waals surface area contributed by atoms with E-state index in [2.05, 4.69) is 15.8 Å². The van der Waals surface area contributed by atoms with Crippen LogP contribution in [0.15, 0.2) is 95.5 Å². The van der Waals surface area contributed by atoms with Gasteiger partial charge in [-0.2, -0.15) is 0 Å². The number of oxazole rings is 1. The number of hydrogen-bond acceptors (Lipinski definition) is 5. The van der Waals surface area contributed by atoms with Gasteiger partial charge in [-0.1, -0.05) is 78.9 Å². The van der Waals surface area contributed by atoms with Gasteiger partial charge in [0.15, 0.2) is 18.3 Å². The fraction of sp³-hybridized carbons (Fsp3) is 0.148. The van der Waals surface area contributed by atoms with Crippen molar-refractivity contribution in [2.45, 2.75) is 19.3 Å². The molecule has 0 unspecified atom stereocenters. The van der Waals surface area contributed by atoms with E-state index in [-0.39, 0.29) is 18.9 Å². The molecule has 172 valence electrons. The monoisotopic (exact) mass is 455 g/mol. The SMILES string of the molecule is O=C(CCc1ncc(-c2ccccc2)o1)NNC(=O)COc1ccccc1Cc1ccccc1. The number of hydrazine groups is 1. The second-order valence-corrected chi connectivity index (χ2v) is 7.64. The van der Waals surface area contributed by atoms with Crippen molar-refractivity contribution in [3.05, 3.63) is 108 Å². The lowest BCUT2D eigenvalue weighted by Gasteiger charge is -2.12. The minimum absolute atomic E-state index is 0.121. The lowest BCUT2D eigenvalue weighted by atomic mass is 10.0. The van der Waals surface area contributed by atoms with E-state index in [0.717, 1.165) is 16.7 Å². The molecule has 0 aliphatic rings. The van der Waals surface area contributed by atoms with E-state index in [4.69, 9.17) is 9.15 Å². The average molecular weight is 456 g/mol. The molecular weight excluding hydrogens is 430 g/mol. The van der Waals surface area contributed by atoms with Crippen molar-refractivity contribution >= 4 is 11.8 Å². The third-order valence-corrected chi connectivity index (χ3v) is 5.09. The molecular formula is C27H25N3O4. The summed E-state index contributed by atoms with van der Waals surface area (Å²) in [5, 5.41) is 0. The molecule has 1 heterocycles. The number of rotatable bonds is 9. The van der Waals surface area contributed by atoms with Crippen molar-refractivity contribution in [1.82, 2.24) is 15.8 Å². The second kappa shape index (κ2) is 11.5. The van der Waals surface area contributed by atoms with Gasteiger partial charge in [0, 0.05) is 24.8 Å². The summed E-state index contributed by atoms with van der Waals surface area (Å²) in [7, 11) is 0.